The van der Waals surface area contributed by atoms with Crippen LogP contribution in [-0.4, -0.2) is 14.8 Å². The van der Waals surface area contributed by atoms with Gasteiger partial charge in [0.1, 0.15) is 12.2 Å². The molecule has 0 radical (unpaired) electrons. The zero-order valence-electron chi connectivity index (χ0n) is 10.4. The predicted octanol–water partition coefficient (Wildman–Crippen LogP) is 2.89. The van der Waals surface area contributed by atoms with Crippen LogP contribution in [0.4, 0.5) is 0 Å². The maximum atomic E-state index is 4.39. The zero-order chi connectivity index (χ0) is 11.9. The van der Waals surface area contributed by atoms with Crippen LogP contribution >= 0.6 is 0 Å². The number of rotatable bonds is 2. The van der Waals surface area contributed by atoms with Crippen molar-refractivity contribution >= 4 is 0 Å². The van der Waals surface area contributed by atoms with Gasteiger partial charge in [-0.05, 0) is 43.2 Å². The Balaban J connectivity index is 1.65. The van der Waals surface area contributed by atoms with Crippen molar-refractivity contribution < 1.29 is 0 Å². The van der Waals surface area contributed by atoms with Crippen LogP contribution in [0.1, 0.15) is 48.2 Å². The Morgan fingerprint density at radius 1 is 1.06 bits per heavy atom. The highest BCUT2D eigenvalue weighted by Gasteiger charge is 2.30. The summed E-state index contributed by atoms with van der Waals surface area (Å²) in [6, 6.07) is 9.50. The Kier molecular flexibility index (Phi) is 2.25. The quantitative estimate of drug-likeness (QED) is 0.806. The molecule has 0 spiro atoms. The minimum absolute atomic E-state index is 0.558. The van der Waals surface area contributed by atoms with Crippen LogP contribution in [0, 0.1) is 0 Å². The van der Waals surface area contributed by atoms with E-state index in [2.05, 4.69) is 39.0 Å². The SMILES string of the molecule is c1ccc2c(c1)CCC(c1nncn1C1CC1)C2. The molecule has 1 aromatic carbocycles. The lowest BCUT2D eigenvalue weighted by Crippen LogP contribution is -2.16. The summed E-state index contributed by atoms with van der Waals surface area (Å²) in [4.78, 5) is 0. The van der Waals surface area contributed by atoms with Crippen molar-refractivity contribution in [1.82, 2.24) is 14.8 Å². The molecule has 0 amide bonds. The van der Waals surface area contributed by atoms with Gasteiger partial charge < -0.3 is 4.57 Å². The molecule has 1 saturated carbocycles. The van der Waals surface area contributed by atoms with E-state index in [0.717, 1.165) is 6.42 Å². The average molecular weight is 239 g/mol. The van der Waals surface area contributed by atoms with Gasteiger partial charge in [-0.2, -0.15) is 0 Å². The van der Waals surface area contributed by atoms with Crippen molar-refractivity contribution in [3.63, 3.8) is 0 Å². The van der Waals surface area contributed by atoms with E-state index in [1.807, 2.05) is 6.33 Å². The number of fused-ring (bicyclic) bond motifs is 1. The summed E-state index contributed by atoms with van der Waals surface area (Å²) in [5.74, 6) is 1.77. The summed E-state index contributed by atoms with van der Waals surface area (Å²) in [5, 5.41) is 8.51. The first-order chi connectivity index (χ1) is 8.92. The molecular formula is C15H17N3. The van der Waals surface area contributed by atoms with E-state index in [1.54, 1.807) is 0 Å². The number of aryl methyl sites for hydroxylation is 1. The summed E-state index contributed by atoms with van der Waals surface area (Å²) in [6.07, 6.45) is 8.04. The Labute approximate surface area is 107 Å². The molecule has 92 valence electrons. The standard InChI is InChI=1S/C15H17N3/c1-2-4-12-9-13(6-5-11(12)3-1)15-17-16-10-18(15)14-7-8-14/h1-4,10,13-14H,5-9H2. The fraction of sp³-hybridized carbons (Fsp3) is 0.467. The van der Waals surface area contributed by atoms with Crippen LogP contribution < -0.4 is 0 Å². The zero-order valence-corrected chi connectivity index (χ0v) is 10.4. The molecular weight excluding hydrogens is 222 g/mol. The molecule has 1 unspecified atom stereocenters. The van der Waals surface area contributed by atoms with Crippen molar-refractivity contribution in [1.29, 1.82) is 0 Å². The van der Waals surface area contributed by atoms with Crippen LogP contribution in [0.15, 0.2) is 30.6 Å². The van der Waals surface area contributed by atoms with E-state index in [1.165, 1.54) is 42.6 Å². The third-order valence-corrected chi connectivity index (χ3v) is 4.25. The Morgan fingerprint density at radius 2 is 1.89 bits per heavy atom. The van der Waals surface area contributed by atoms with Crippen LogP contribution in [-0.2, 0) is 12.8 Å². The van der Waals surface area contributed by atoms with Gasteiger partial charge in [0.15, 0.2) is 0 Å². The largest absolute Gasteiger partial charge is 0.314 e. The van der Waals surface area contributed by atoms with Gasteiger partial charge in [-0.1, -0.05) is 24.3 Å². The second-order valence-electron chi connectivity index (χ2n) is 5.54. The molecule has 3 nitrogen and oxygen atoms in total. The summed E-state index contributed by atoms with van der Waals surface area (Å²) in [6.45, 7) is 0. The molecule has 2 aliphatic carbocycles. The van der Waals surface area contributed by atoms with Gasteiger partial charge in [0.05, 0.1) is 0 Å². The maximum absolute atomic E-state index is 4.39. The molecule has 4 rings (SSSR count). The molecule has 1 aromatic heterocycles. The second-order valence-corrected chi connectivity index (χ2v) is 5.54. The van der Waals surface area contributed by atoms with E-state index < -0.39 is 0 Å². The highest BCUT2D eigenvalue weighted by Crippen LogP contribution is 2.39. The first-order valence-electron chi connectivity index (χ1n) is 6.88. The normalized spacial score (nSPS) is 22.8. The number of hydrogen-bond acceptors (Lipinski definition) is 2. The Hall–Kier alpha value is -1.64. The summed E-state index contributed by atoms with van der Waals surface area (Å²) in [7, 11) is 0. The van der Waals surface area contributed by atoms with Gasteiger partial charge in [-0.3, -0.25) is 0 Å². The van der Waals surface area contributed by atoms with E-state index in [-0.39, 0.29) is 0 Å². The van der Waals surface area contributed by atoms with Crippen molar-refractivity contribution in [2.45, 2.75) is 44.1 Å². The van der Waals surface area contributed by atoms with E-state index in [9.17, 15) is 0 Å². The molecule has 18 heavy (non-hydrogen) atoms. The molecule has 2 aliphatic rings. The highest BCUT2D eigenvalue weighted by atomic mass is 15.3. The summed E-state index contributed by atoms with van der Waals surface area (Å²) >= 11 is 0. The third-order valence-electron chi connectivity index (χ3n) is 4.25. The van der Waals surface area contributed by atoms with Gasteiger partial charge in [-0.15, -0.1) is 10.2 Å². The molecule has 0 saturated heterocycles. The third kappa shape index (κ3) is 1.65. The predicted molar refractivity (Wildman–Crippen MR) is 69.5 cm³/mol. The van der Waals surface area contributed by atoms with E-state index >= 15 is 0 Å². The number of benzene rings is 1. The van der Waals surface area contributed by atoms with Gasteiger partial charge >= 0.3 is 0 Å². The lowest BCUT2D eigenvalue weighted by molar-refractivity contribution is 0.520. The number of hydrogen-bond donors (Lipinski definition) is 0. The topological polar surface area (TPSA) is 30.7 Å². The van der Waals surface area contributed by atoms with Gasteiger partial charge in [0, 0.05) is 12.0 Å². The monoisotopic (exact) mass is 239 g/mol. The lowest BCUT2D eigenvalue weighted by Gasteiger charge is -2.24. The first kappa shape index (κ1) is 10.3. The number of nitrogens with zero attached hydrogens (tertiary/aromatic N) is 3. The van der Waals surface area contributed by atoms with Crippen molar-refractivity contribution in [3.8, 4) is 0 Å². The van der Waals surface area contributed by atoms with Crippen LogP contribution in [0.25, 0.3) is 0 Å². The highest BCUT2D eigenvalue weighted by molar-refractivity contribution is 5.31. The number of aromatic nitrogens is 3. The molecule has 2 aromatic rings. The summed E-state index contributed by atoms with van der Waals surface area (Å²) in [5.41, 5.74) is 3.02. The van der Waals surface area contributed by atoms with Crippen molar-refractivity contribution in [2.24, 2.45) is 0 Å². The summed E-state index contributed by atoms with van der Waals surface area (Å²) < 4.78 is 2.32. The molecule has 0 aliphatic heterocycles. The van der Waals surface area contributed by atoms with Crippen LogP contribution in [0.5, 0.6) is 0 Å². The minimum Gasteiger partial charge on any atom is -0.314 e. The van der Waals surface area contributed by atoms with Crippen LogP contribution in [0.3, 0.4) is 0 Å². The molecule has 0 N–H and O–H groups in total. The van der Waals surface area contributed by atoms with Crippen LogP contribution in [0.2, 0.25) is 0 Å². The maximum Gasteiger partial charge on any atom is 0.136 e. The fourth-order valence-corrected chi connectivity index (χ4v) is 3.10. The second kappa shape index (κ2) is 3.94. The van der Waals surface area contributed by atoms with Crippen molar-refractivity contribution in [3.05, 3.63) is 47.5 Å². The molecule has 1 heterocycles. The Bertz CT molecular complexity index is 569. The van der Waals surface area contributed by atoms with Gasteiger partial charge in [0.25, 0.3) is 0 Å². The fourth-order valence-electron chi connectivity index (χ4n) is 3.10. The minimum atomic E-state index is 0.558. The molecule has 1 fully saturated rings. The van der Waals surface area contributed by atoms with E-state index in [0.29, 0.717) is 12.0 Å². The first-order valence-corrected chi connectivity index (χ1v) is 6.88. The van der Waals surface area contributed by atoms with Gasteiger partial charge in [0.2, 0.25) is 0 Å². The molecule has 3 heteroatoms. The lowest BCUT2D eigenvalue weighted by atomic mass is 9.83. The molecule has 0 bridgehead atoms. The smallest absolute Gasteiger partial charge is 0.136 e. The molecule has 1 atom stereocenters. The van der Waals surface area contributed by atoms with Crippen molar-refractivity contribution in [2.75, 3.05) is 0 Å². The van der Waals surface area contributed by atoms with Gasteiger partial charge in [-0.25, -0.2) is 0 Å². The average Bonchev–Trinajstić information content (AvgIpc) is 3.16. The Morgan fingerprint density at radius 3 is 2.72 bits per heavy atom. The van der Waals surface area contributed by atoms with E-state index in [4.69, 9.17) is 0 Å².